The van der Waals surface area contributed by atoms with Gasteiger partial charge in [0, 0.05) is 6.54 Å². The molecule has 0 aliphatic rings. The van der Waals surface area contributed by atoms with Gasteiger partial charge >= 0.3 is 0 Å². The van der Waals surface area contributed by atoms with Gasteiger partial charge in [0.1, 0.15) is 0 Å². The Morgan fingerprint density at radius 2 is 1.67 bits per heavy atom. The molecule has 0 fully saturated rings. The molecule has 0 spiro atoms. The van der Waals surface area contributed by atoms with Gasteiger partial charge in [-0.15, -0.1) is 5.10 Å². The fraction of sp³-hybridized carbons (Fsp3) is 0.357. The summed E-state index contributed by atoms with van der Waals surface area (Å²) in [5.41, 5.74) is 3.23. The molecule has 0 amide bonds. The van der Waals surface area contributed by atoms with Crippen LogP contribution in [0.25, 0.3) is 0 Å². The second-order valence-electron chi connectivity index (χ2n) is 4.08. The Bertz CT molecular complexity index is 496. The number of rotatable bonds is 5. The molecule has 4 heteroatoms. The minimum atomic E-state index is 0.605. The van der Waals surface area contributed by atoms with Crippen molar-refractivity contribution in [1.29, 1.82) is 0 Å². The number of nitrogens with one attached hydrogen (secondary N) is 1. The first-order valence-electron chi connectivity index (χ1n) is 6.33. The fourth-order valence-corrected chi connectivity index (χ4v) is 1.79. The molecule has 0 saturated heterocycles. The van der Waals surface area contributed by atoms with Crippen LogP contribution in [0, 0.1) is 0 Å². The van der Waals surface area contributed by atoms with Crippen molar-refractivity contribution in [2.75, 3.05) is 5.32 Å². The van der Waals surface area contributed by atoms with Gasteiger partial charge in [0.25, 0.3) is 0 Å². The molecule has 0 aliphatic carbocycles. The summed E-state index contributed by atoms with van der Waals surface area (Å²) in [7, 11) is 0. The van der Waals surface area contributed by atoms with Gasteiger partial charge in [0.05, 0.1) is 11.4 Å². The van der Waals surface area contributed by atoms with Gasteiger partial charge < -0.3 is 5.32 Å². The smallest absolute Gasteiger partial charge is 0.243 e. The second-order valence-corrected chi connectivity index (χ2v) is 4.08. The molecule has 4 nitrogen and oxygen atoms in total. The van der Waals surface area contributed by atoms with Crippen LogP contribution in [-0.4, -0.2) is 15.2 Å². The second kappa shape index (κ2) is 6.10. The average molecular weight is 242 g/mol. The molecule has 2 aromatic rings. The van der Waals surface area contributed by atoms with E-state index in [2.05, 4.69) is 46.5 Å². The van der Waals surface area contributed by atoms with E-state index in [9.17, 15) is 0 Å². The molecule has 0 atom stereocenters. The maximum absolute atomic E-state index is 4.49. The number of anilines is 1. The lowest BCUT2D eigenvalue weighted by atomic mass is 10.2. The standard InChI is InChI=1S/C14H18N4/c1-3-12-13(4-2)17-18-14(16-12)15-10-11-8-6-5-7-9-11/h5-9H,3-4,10H2,1-2H3,(H,15,16,18). The van der Waals surface area contributed by atoms with Crippen molar-refractivity contribution in [2.45, 2.75) is 33.2 Å². The zero-order valence-corrected chi connectivity index (χ0v) is 10.8. The van der Waals surface area contributed by atoms with Crippen molar-refractivity contribution in [3.8, 4) is 0 Å². The van der Waals surface area contributed by atoms with Gasteiger partial charge in [-0.3, -0.25) is 0 Å². The summed E-state index contributed by atoms with van der Waals surface area (Å²) >= 11 is 0. The van der Waals surface area contributed by atoms with Gasteiger partial charge in [-0.1, -0.05) is 44.2 Å². The molecule has 0 saturated carbocycles. The van der Waals surface area contributed by atoms with E-state index < -0.39 is 0 Å². The molecular weight excluding hydrogens is 224 g/mol. The predicted octanol–water partition coefficient (Wildman–Crippen LogP) is 2.61. The molecule has 1 N–H and O–H groups in total. The number of nitrogens with zero attached hydrogens (tertiary/aromatic N) is 3. The largest absolute Gasteiger partial charge is 0.349 e. The highest BCUT2D eigenvalue weighted by molar-refractivity contribution is 5.28. The zero-order valence-electron chi connectivity index (χ0n) is 10.8. The third-order valence-electron chi connectivity index (χ3n) is 2.80. The van der Waals surface area contributed by atoms with E-state index in [1.54, 1.807) is 0 Å². The summed E-state index contributed by atoms with van der Waals surface area (Å²) in [6, 6.07) is 10.2. The zero-order chi connectivity index (χ0) is 12.8. The van der Waals surface area contributed by atoms with Gasteiger partial charge in [-0.25, -0.2) is 4.98 Å². The first-order chi connectivity index (χ1) is 8.83. The van der Waals surface area contributed by atoms with E-state index in [0.717, 1.165) is 30.8 Å². The summed E-state index contributed by atoms with van der Waals surface area (Å²) in [6.07, 6.45) is 1.76. The van der Waals surface area contributed by atoms with Crippen LogP contribution in [0.4, 0.5) is 5.95 Å². The molecule has 0 radical (unpaired) electrons. The lowest BCUT2D eigenvalue weighted by Crippen LogP contribution is -2.09. The van der Waals surface area contributed by atoms with Crippen LogP contribution >= 0.6 is 0 Å². The van der Waals surface area contributed by atoms with E-state index >= 15 is 0 Å². The summed E-state index contributed by atoms with van der Waals surface area (Å²) in [6.45, 7) is 4.88. The molecule has 1 aromatic heterocycles. The maximum Gasteiger partial charge on any atom is 0.243 e. The molecule has 0 aliphatic heterocycles. The number of hydrogen-bond acceptors (Lipinski definition) is 4. The van der Waals surface area contributed by atoms with E-state index in [0.29, 0.717) is 5.95 Å². The van der Waals surface area contributed by atoms with E-state index in [1.165, 1.54) is 5.56 Å². The summed E-state index contributed by atoms with van der Waals surface area (Å²) in [5.74, 6) is 0.605. The predicted molar refractivity (Wildman–Crippen MR) is 72.4 cm³/mol. The number of aryl methyl sites for hydroxylation is 2. The lowest BCUT2D eigenvalue weighted by molar-refractivity contribution is 0.819. The Morgan fingerprint density at radius 3 is 2.33 bits per heavy atom. The molecule has 0 bridgehead atoms. The Morgan fingerprint density at radius 1 is 0.944 bits per heavy atom. The lowest BCUT2D eigenvalue weighted by Gasteiger charge is -2.07. The van der Waals surface area contributed by atoms with Crippen LogP contribution in [0.5, 0.6) is 0 Å². The van der Waals surface area contributed by atoms with E-state index in [1.807, 2.05) is 18.2 Å². The minimum Gasteiger partial charge on any atom is -0.349 e. The van der Waals surface area contributed by atoms with Crippen LogP contribution in [-0.2, 0) is 19.4 Å². The van der Waals surface area contributed by atoms with Gasteiger partial charge in [-0.2, -0.15) is 5.10 Å². The minimum absolute atomic E-state index is 0.605. The molecule has 2 rings (SSSR count). The van der Waals surface area contributed by atoms with Crippen LogP contribution < -0.4 is 5.32 Å². The monoisotopic (exact) mass is 242 g/mol. The van der Waals surface area contributed by atoms with Crippen molar-refractivity contribution in [3.05, 3.63) is 47.3 Å². The van der Waals surface area contributed by atoms with E-state index in [-0.39, 0.29) is 0 Å². The molecule has 0 unspecified atom stereocenters. The Labute approximate surface area is 107 Å². The van der Waals surface area contributed by atoms with Crippen LogP contribution in [0.2, 0.25) is 0 Å². The Balaban J connectivity index is 2.06. The summed E-state index contributed by atoms with van der Waals surface area (Å²) < 4.78 is 0. The van der Waals surface area contributed by atoms with Gasteiger partial charge in [0.15, 0.2) is 0 Å². The van der Waals surface area contributed by atoms with Crippen molar-refractivity contribution in [3.63, 3.8) is 0 Å². The van der Waals surface area contributed by atoms with Crippen LogP contribution in [0.3, 0.4) is 0 Å². The molecule has 1 heterocycles. The first kappa shape index (κ1) is 12.5. The number of aromatic nitrogens is 3. The highest BCUT2D eigenvalue weighted by atomic mass is 15.2. The Kier molecular flexibility index (Phi) is 4.23. The van der Waals surface area contributed by atoms with Crippen LogP contribution in [0.1, 0.15) is 30.8 Å². The normalized spacial score (nSPS) is 10.3. The van der Waals surface area contributed by atoms with E-state index in [4.69, 9.17) is 0 Å². The number of hydrogen-bond donors (Lipinski definition) is 1. The first-order valence-corrected chi connectivity index (χ1v) is 6.33. The highest BCUT2D eigenvalue weighted by Crippen LogP contribution is 2.08. The van der Waals surface area contributed by atoms with Crippen molar-refractivity contribution >= 4 is 5.95 Å². The SMILES string of the molecule is CCc1nnc(NCc2ccccc2)nc1CC. The fourth-order valence-electron chi connectivity index (χ4n) is 1.79. The van der Waals surface area contributed by atoms with Crippen molar-refractivity contribution < 1.29 is 0 Å². The molecule has 18 heavy (non-hydrogen) atoms. The summed E-state index contributed by atoms with van der Waals surface area (Å²) in [4.78, 5) is 4.49. The molecular formula is C14H18N4. The van der Waals surface area contributed by atoms with Gasteiger partial charge in [-0.05, 0) is 18.4 Å². The maximum atomic E-state index is 4.49. The average Bonchev–Trinajstić information content (AvgIpc) is 2.45. The third-order valence-corrected chi connectivity index (χ3v) is 2.80. The molecule has 94 valence electrons. The van der Waals surface area contributed by atoms with Crippen molar-refractivity contribution in [1.82, 2.24) is 15.2 Å². The quantitative estimate of drug-likeness (QED) is 0.875. The third kappa shape index (κ3) is 3.03. The van der Waals surface area contributed by atoms with Gasteiger partial charge in [0.2, 0.25) is 5.95 Å². The van der Waals surface area contributed by atoms with Crippen molar-refractivity contribution in [2.24, 2.45) is 0 Å². The topological polar surface area (TPSA) is 50.7 Å². The molecule has 1 aromatic carbocycles. The highest BCUT2D eigenvalue weighted by Gasteiger charge is 2.05. The Hall–Kier alpha value is -1.97. The number of benzene rings is 1. The van der Waals surface area contributed by atoms with Crippen LogP contribution in [0.15, 0.2) is 30.3 Å². The summed E-state index contributed by atoms with van der Waals surface area (Å²) in [5, 5.41) is 11.5.